The van der Waals surface area contributed by atoms with Gasteiger partial charge < -0.3 is 19.3 Å². The molecule has 48 heavy (non-hydrogen) atoms. The molecule has 0 saturated carbocycles. The van der Waals surface area contributed by atoms with Crippen molar-refractivity contribution in [3.63, 3.8) is 0 Å². The largest absolute Gasteiger partial charge is 0.378 e. The highest BCUT2D eigenvalue weighted by Gasteiger charge is 2.45. The van der Waals surface area contributed by atoms with E-state index in [2.05, 4.69) is 0 Å². The number of benzene rings is 2. The molecule has 5 rings (SSSR count). The van der Waals surface area contributed by atoms with Crippen molar-refractivity contribution >= 4 is 35.4 Å². The van der Waals surface area contributed by atoms with E-state index in [0.29, 0.717) is 47.9 Å². The number of carbonyl (C=O) groups excluding carboxylic acids is 6. The summed E-state index contributed by atoms with van der Waals surface area (Å²) in [4.78, 5) is 86.5. The fraction of sp³-hybridized carbons (Fsp3) is 0.500. The van der Waals surface area contributed by atoms with E-state index in [0.717, 1.165) is 22.6 Å². The zero-order chi connectivity index (χ0) is 34.2. The van der Waals surface area contributed by atoms with Crippen molar-refractivity contribution in [2.24, 2.45) is 0 Å². The van der Waals surface area contributed by atoms with Crippen LogP contribution in [0.15, 0.2) is 48.5 Å². The molecule has 3 aliphatic rings. The van der Waals surface area contributed by atoms with E-state index in [4.69, 9.17) is 9.47 Å². The maximum atomic E-state index is 14.0. The Morgan fingerprint density at radius 1 is 0.562 bits per heavy atom. The lowest BCUT2D eigenvalue weighted by Crippen LogP contribution is -2.53. The second-order valence-electron chi connectivity index (χ2n) is 12.2. The second-order valence-corrected chi connectivity index (χ2v) is 12.2. The topological polar surface area (TPSA) is 134 Å². The van der Waals surface area contributed by atoms with Crippen molar-refractivity contribution < 1.29 is 38.2 Å². The van der Waals surface area contributed by atoms with Gasteiger partial charge in [-0.3, -0.25) is 38.6 Å². The number of ether oxygens (including phenoxy) is 2. The van der Waals surface area contributed by atoms with E-state index < -0.39 is 35.7 Å². The number of carbonyl (C=O) groups is 6. The smallest absolute Gasteiger partial charge is 0.262 e. The summed E-state index contributed by atoms with van der Waals surface area (Å²) in [5.41, 5.74) is 1.21. The van der Waals surface area contributed by atoms with Crippen LogP contribution in [0.25, 0.3) is 0 Å². The van der Waals surface area contributed by atoms with Crippen LogP contribution in [-0.4, -0.2) is 120 Å². The van der Waals surface area contributed by atoms with Crippen LogP contribution >= 0.6 is 0 Å². The summed E-state index contributed by atoms with van der Waals surface area (Å²) in [7, 11) is 0. The molecule has 0 radical (unpaired) electrons. The van der Waals surface area contributed by atoms with E-state index in [1.54, 1.807) is 58.3 Å². The molecule has 12 nitrogen and oxygen atoms in total. The van der Waals surface area contributed by atoms with Crippen LogP contribution in [-0.2, 0) is 19.1 Å². The molecule has 0 aromatic heterocycles. The number of hydrogen-bond acceptors (Lipinski definition) is 8. The van der Waals surface area contributed by atoms with Gasteiger partial charge in [0.25, 0.3) is 23.6 Å². The van der Waals surface area contributed by atoms with E-state index in [1.807, 2.05) is 13.8 Å². The SMILES string of the molecule is CCCC[C@H](C(=O)N1CCOCCN(C(=O)[C@H](CCCC)N2C(=O)c3ccccc3C2=O)CCOCC1)N1C(=O)c2ccccc2C1=O. The quantitative estimate of drug-likeness (QED) is 0.354. The van der Waals surface area contributed by atoms with Gasteiger partial charge in [0.15, 0.2) is 0 Å². The first-order valence-electron chi connectivity index (χ1n) is 17.0. The molecule has 0 unspecified atom stereocenters. The Balaban J connectivity index is 1.24. The van der Waals surface area contributed by atoms with Gasteiger partial charge in [-0.05, 0) is 37.1 Å². The summed E-state index contributed by atoms with van der Waals surface area (Å²) in [6.45, 7) is 5.44. The maximum absolute atomic E-state index is 14.0. The van der Waals surface area contributed by atoms with Crippen molar-refractivity contribution in [1.29, 1.82) is 0 Å². The van der Waals surface area contributed by atoms with Crippen molar-refractivity contribution in [3.8, 4) is 0 Å². The van der Waals surface area contributed by atoms with Crippen molar-refractivity contribution in [1.82, 2.24) is 19.6 Å². The van der Waals surface area contributed by atoms with Gasteiger partial charge in [0.1, 0.15) is 12.1 Å². The average molecular weight is 661 g/mol. The predicted molar refractivity (Wildman–Crippen MR) is 175 cm³/mol. The minimum atomic E-state index is -0.944. The Kier molecular flexibility index (Phi) is 11.7. The van der Waals surface area contributed by atoms with Crippen molar-refractivity contribution in [3.05, 3.63) is 70.8 Å². The first-order valence-corrected chi connectivity index (χ1v) is 17.0. The number of amides is 6. The van der Waals surface area contributed by atoms with Gasteiger partial charge >= 0.3 is 0 Å². The van der Waals surface area contributed by atoms with E-state index in [-0.39, 0.29) is 64.4 Å². The van der Waals surface area contributed by atoms with Crippen LogP contribution in [0.4, 0.5) is 0 Å². The fourth-order valence-electron chi connectivity index (χ4n) is 6.49. The van der Waals surface area contributed by atoms with E-state index in [1.165, 1.54) is 0 Å². The van der Waals surface area contributed by atoms with Gasteiger partial charge in [-0.15, -0.1) is 0 Å². The van der Waals surface area contributed by atoms with E-state index in [9.17, 15) is 28.8 Å². The molecular formula is C36H44N4O8. The Hall–Kier alpha value is -4.42. The number of hydrogen-bond donors (Lipinski definition) is 0. The number of unbranched alkanes of at least 4 members (excludes halogenated alkanes) is 2. The molecule has 1 saturated heterocycles. The average Bonchev–Trinajstić information content (AvgIpc) is 3.49. The molecule has 2 aromatic carbocycles. The van der Waals surface area contributed by atoms with Gasteiger partial charge in [-0.1, -0.05) is 63.8 Å². The third-order valence-electron chi connectivity index (χ3n) is 9.15. The third kappa shape index (κ3) is 7.19. The lowest BCUT2D eigenvalue weighted by molar-refractivity contribution is -0.139. The van der Waals surface area contributed by atoms with Crippen molar-refractivity contribution in [2.45, 2.75) is 64.5 Å². The lowest BCUT2D eigenvalue weighted by atomic mass is 10.1. The summed E-state index contributed by atoms with van der Waals surface area (Å²) in [5, 5.41) is 0. The van der Waals surface area contributed by atoms with Crippen LogP contribution in [0.5, 0.6) is 0 Å². The molecule has 3 heterocycles. The molecule has 3 aliphatic heterocycles. The van der Waals surface area contributed by atoms with Gasteiger partial charge in [0.05, 0.1) is 48.7 Å². The van der Waals surface area contributed by atoms with Gasteiger partial charge in [0, 0.05) is 26.2 Å². The predicted octanol–water partition coefficient (Wildman–Crippen LogP) is 3.40. The number of fused-ring (bicyclic) bond motifs is 2. The summed E-state index contributed by atoms with van der Waals surface area (Å²) < 4.78 is 11.8. The highest BCUT2D eigenvalue weighted by molar-refractivity contribution is 6.23. The first kappa shape index (κ1) is 34.9. The van der Waals surface area contributed by atoms with E-state index >= 15 is 0 Å². The molecule has 2 atom stereocenters. The zero-order valence-corrected chi connectivity index (χ0v) is 27.7. The standard InChI is InChI=1S/C36H44N4O8/c1-3-5-15-29(39-31(41)25-11-7-8-12-26(25)32(39)42)35(45)37-17-21-47-23-19-38(20-24-48-22-18-37)36(46)30(16-6-4-2)40-33(43)27-13-9-10-14-28(27)34(40)44/h7-14,29-30H,3-6,15-24H2,1-2H3/t29-,30+. The van der Waals surface area contributed by atoms with Gasteiger partial charge in [-0.2, -0.15) is 0 Å². The Bertz CT molecular complexity index is 1350. The minimum absolute atomic E-state index is 0.161. The molecule has 6 amide bonds. The van der Waals surface area contributed by atoms with Crippen LogP contribution in [0.1, 0.15) is 93.8 Å². The van der Waals surface area contributed by atoms with Gasteiger partial charge in [0.2, 0.25) is 11.8 Å². The zero-order valence-electron chi connectivity index (χ0n) is 27.7. The maximum Gasteiger partial charge on any atom is 0.262 e. The van der Waals surface area contributed by atoms with Gasteiger partial charge in [-0.25, -0.2) is 0 Å². The van der Waals surface area contributed by atoms with Crippen LogP contribution in [0.2, 0.25) is 0 Å². The molecule has 0 N–H and O–H groups in total. The number of rotatable bonds is 10. The lowest BCUT2D eigenvalue weighted by Gasteiger charge is -2.33. The normalized spacial score (nSPS) is 18.7. The van der Waals surface area contributed by atoms with Crippen LogP contribution in [0.3, 0.4) is 0 Å². The molecule has 0 bridgehead atoms. The highest BCUT2D eigenvalue weighted by atomic mass is 16.5. The third-order valence-corrected chi connectivity index (χ3v) is 9.15. The first-order chi connectivity index (χ1) is 23.3. The minimum Gasteiger partial charge on any atom is -0.378 e. The Labute approximate surface area is 280 Å². The number of imide groups is 2. The molecule has 2 aromatic rings. The van der Waals surface area contributed by atoms with Crippen molar-refractivity contribution in [2.75, 3.05) is 52.6 Å². The molecule has 1 fully saturated rings. The summed E-state index contributed by atoms with van der Waals surface area (Å²) in [5.74, 6) is -2.52. The second kappa shape index (κ2) is 16.1. The molecular weight excluding hydrogens is 616 g/mol. The van der Waals surface area contributed by atoms with Crippen LogP contribution in [0, 0.1) is 0 Å². The number of nitrogens with zero attached hydrogens (tertiary/aromatic N) is 4. The monoisotopic (exact) mass is 660 g/mol. The fourth-order valence-corrected chi connectivity index (χ4v) is 6.49. The Morgan fingerprint density at radius 3 is 1.12 bits per heavy atom. The Morgan fingerprint density at radius 2 is 0.854 bits per heavy atom. The summed E-state index contributed by atoms with van der Waals surface area (Å²) in [6.07, 6.45) is 3.61. The molecule has 12 heteroatoms. The summed E-state index contributed by atoms with van der Waals surface area (Å²) >= 11 is 0. The molecule has 0 aliphatic carbocycles. The highest BCUT2D eigenvalue weighted by Crippen LogP contribution is 2.29. The van der Waals surface area contributed by atoms with Crippen LogP contribution < -0.4 is 0 Å². The molecule has 256 valence electrons. The summed E-state index contributed by atoms with van der Waals surface area (Å²) in [6, 6.07) is 11.3. The molecule has 0 spiro atoms.